The van der Waals surface area contributed by atoms with Gasteiger partial charge >= 0.3 is 0 Å². The number of nitrogens with two attached hydrogens (primary N) is 2. The Morgan fingerprint density at radius 2 is 2.21 bits per heavy atom. The molecule has 1 aliphatic rings. The minimum absolute atomic E-state index is 0.0729. The fraction of sp³-hybridized carbons (Fsp3) is 0.778. The molecule has 5 nitrogen and oxygen atoms in total. The molecule has 4 N–H and O–H groups in total. The van der Waals surface area contributed by atoms with Crippen molar-refractivity contribution in [2.24, 2.45) is 17.4 Å². The van der Waals surface area contributed by atoms with Gasteiger partial charge in [0.15, 0.2) is 0 Å². The van der Waals surface area contributed by atoms with E-state index in [9.17, 15) is 9.59 Å². The fourth-order valence-corrected chi connectivity index (χ4v) is 1.60. The van der Waals surface area contributed by atoms with Gasteiger partial charge in [-0.3, -0.25) is 9.59 Å². The monoisotopic (exact) mass is 199 g/mol. The average Bonchev–Trinajstić information content (AvgIpc) is 2.64. The Kier molecular flexibility index (Phi) is 3.46. The lowest BCUT2D eigenvalue weighted by atomic mass is 10.1. The van der Waals surface area contributed by atoms with Gasteiger partial charge in [-0.25, -0.2) is 0 Å². The molecule has 0 radical (unpaired) electrons. The first kappa shape index (κ1) is 11.0. The molecule has 1 saturated heterocycles. The summed E-state index contributed by atoms with van der Waals surface area (Å²) in [6, 6.07) is -0.443. The second-order valence-corrected chi connectivity index (χ2v) is 3.69. The van der Waals surface area contributed by atoms with Crippen molar-refractivity contribution >= 4 is 11.8 Å². The Morgan fingerprint density at radius 1 is 1.57 bits per heavy atom. The van der Waals surface area contributed by atoms with Crippen LogP contribution in [0.2, 0.25) is 0 Å². The lowest BCUT2D eigenvalue weighted by Crippen LogP contribution is -2.42. The first-order chi connectivity index (χ1) is 6.56. The predicted molar refractivity (Wildman–Crippen MR) is 52.1 cm³/mol. The first-order valence-corrected chi connectivity index (χ1v) is 4.90. The van der Waals surface area contributed by atoms with Crippen LogP contribution in [-0.4, -0.2) is 35.8 Å². The average molecular weight is 199 g/mol. The van der Waals surface area contributed by atoms with Crippen LogP contribution >= 0.6 is 0 Å². The lowest BCUT2D eigenvalue weighted by molar-refractivity contribution is -0.131. The molecule has 0 aromatic rings. The van der Waals surface area contributed by atoms with Crippen LogP contribution in [0.5, 0.6) is 0 Å². The largest absolute Gasteiger partial charge is 0.369 e. The van der Waals surface area contributed by atoms with E-state index >= 15 is 0 Å². The molecular weight excluding hydrogens is 182 g/mol. The Morgan fingerprint density at radius 3 is 2.64 bits per heavy atom. The van der Waals surface area contributed by atoms with Crippen LogP contribution in [0, 0.1) is 5.92 Å². The number of carbonyl (C=O) groups excluding carboxylic acids is 2. The van der Waals surface area contributed by atoms with Gasteiger partial charge in [-0.05, 0) is 12.8 Å². The van der Waals surface area contributed by atoms with Crippen LogP contribution in [-0.2, 0) is 9.59 Å². The number of nitrogens with zero attached hydrogens (tertiary/aromatic N) is 1. The van der Waals surface area contributed by atoms with Crippen LogP contribution in [0.1, 0.15) is 19.8 Å². The summed E-state index contributed by atoms with van der Waals surface area (Å²) in [5, 5.41) is 0. The smallest absolute Gasteiger partial charge is 0.239 e. The van der Waals surface area contributed by atoms with Crippen LogP contribution < -0.4 is 11.5 Å². The van der Waals surface area contributed by atoms with Gasteiger partial charge in [-0.2, -0.15) is 0 Å². The number of primary amides is 1. The van der Waals surface area contributed by atoms with Gasteiger partial charge in [-0.1, -0.05) is 6.92 Å². The molecule has 0 aromatic heterocycles. The fourth-order valence-electron chi connectivity index (χ4n) is 1.60. The second kappa shape index (κ2) is 4.41. The summed E-state index contributed by atoms with van der Waals surface area (Å²) in [5.41, 5.74) is 10.8. The summed E-state index contributed by atoms with van der Waals surface area (Å²) in [6.45, 7) is 2.90. The molecule has 2 unspecified atom stereocenters. The maximum absolute atomic E-state index is 11.6. The zero-order chi connectivity index (χ0) is 10.7. The van der Waals surface area contributed by atoms with Crippen molar-refractivity contribution in [2.45, 2.75) is 25.8 Å². The molecule has 1 aliphatic heterocycles. The topological polar surface area (TPSA) is 89.4 Å². The lowest BCUT2D eigenvalue weighted by Gasteiger charge is -2.19. The molecular formula is C9H17N3O2. The molecule has 80 valence electrons. The molecule has 0 saturated carbocycles. The second-order valence-electron chi connectivity index (χ2n) is 3.69. The standard InChI is InChI=1S/C9H17N3O2/c1-2-7(10)9(14)12-4-3-6(5-12)8(11)13/h6-7H,2-5,10H2,1H3,(H2,11,13). The number of carbonyl (C=O) groups is 2. The van der Waals surface area contributed by atoms with Crippen LogP contribution in [0.15, 0.2) is 0 Å². The van der Waals surface area contributed by atoms with E-state index in [2.05, 4.69) is 0 Å². The summed E-state index contributed by atoms with van der Waals surface area (Å²) in [6.07, 6.45) is 1.29. The van der Waals surface area contributed by atoms with Crippen LogP contribution in [0.3, 0.4) is 0 Å². The maximum atomic E-state index is 11.6. The van der Waals surface area contributed by atoms with Crippen molar-refractivity contribution in [3.05, 3.63) is 0 Å². The molecule has 14 heavy (non-hydrogen) atoms. The van der Waals surface area contributed by atoms with E-state index in [1.54, 1.807) is 4.90 Å². The molecule has 1 fully saturated rings. The highest BCUT2D eigenvalue weighted by Crippen LogP contribution is 2.16. The Balaban J connectivity index is 2.49. The van der Waals surface area contributed by atoms with Crippen molar-refractivity contribution < 1.29 is 9.59 Å². The zero-order valence-electron chi connectivity index (χ0n) is 8.40. The molecule has 2 amide bonds. The molecule has 0 aliphatic carbocycles. The number of likely N-dealkylation sites (tertiary alicyclic amines) is 1. The molecule has 5 heteroatoms. The summed E-state index contributed by atoms with van der Waals surface area (Å²) in [5.74, 6) is -0.593. The third kappa shape index (κ3) is 2.23. The van der Waals surface area contributed by atoms with Crippen molar-refractivity contribution in [3.63, 3.8) is 0 Å². The van der Waals surface area contributed by atoms with E-state index in [1.807, 2.05) is 6.92 Å². The normalized spacial score (nSPS) is 23.6. The third-order valence-corrected chi connectivity index (χ3v) is 2.66. The minimum Gasteiger partial charge on any atom is -0.369 e. The molecule has 1 heterocycles. The third-order valence-electron chi connectivity index (χ3n) is 2.66. The van der Waals surface area contributed by atoms with Crippen molar-refractivity contribution in [2.75, 3.05) is 13.1 Å². The maximum Gasteiger partial charge on any atom is 0.239 e. The van der Waals surface area contributed by atoms with Gasteiger partial charge < -0.3 is 16.4 Å². The van der Waals surface area contributed by atoms with E-state index < -0.39 is 6.04 Å². The number of hydrogen-bond acceptors (Lipinski definition) is 3. The predicted octanol–water partition coefficient (Wildman–Crippen LogP) is -0.942. The van der Waals surface area contributed by atoms with Gasteiger partial charge in [0, 0.05) is 13.1 Å². The van der Waals surface area contributed by atoms with Gasteiger partial charge in [0.05, 0.1) is 12.0 Å². The zero-order valence-corrected chi connectivity index (χ0v) is 8.40. The number of rotatable bonds is 3. The highest BCUT2D eigenvalue weighted by molar-refractivity contribution is 5.84. The van der Waals surface area contributed by atoms with E-state index in [4.69, 9.17) is 11.5 Å². The quantitative estimate of drug-likeness (QED) is 0.614. The highest BCUT2D eigenvalue weighted by atomic mass is 16.2. The summed E-state index contributed by atoms with van der Waals surface area (Å²) < 4.78 is 0. The van der Waals surface area contributed by atoms with Gasteiger partial charge in [-0.15, -0.1) is 0 Å². The van der Waals surface area contributed by atoms with E-state index in [-0.39, 0.29) is 17.7 Å². The number of hydrogen-bond donors (Lipinski definition) is 2. The Labute approximate surface area is 83.4 Å². The molecule has 0 spiro atoms. The molecule has 1 rings (SSSR count). The Bertz CT molecular complexity index is 242. The van der Waals surface area contributed by atoms with Crippen molar-refractivity contribution in [1.29, 1.82) is 0 Å². The van der Waals surface area contributed by atoms with E-state index in [0.29, 0.717) is 25.9 Å². The molecule has 2 atom stereocenters. The van der Waals surface area contributed by atoms with Crippen LogP contribution in [0.25, 0.3) is 0 Å². The number of amides is 2. The highest BCUT2D eigenvalue weighted by Gasteiger charge is 2.31. The van der Waals surface area contributed by atoms with Gasteiger partial charge in [0.2, 0.25) is 11.8 Å². The van der Waals surface area contributed by atoms with Gasteiger partial charge in [0.1, 0.15) is 0 Å². The SMILES string of the molecule is CCC(N)C(=O)N1CCC(C(N)=O)C1. The summed E-state index contributed by atoms with van der Waals surface area (Å²) >= 11 is 0. The van der Waals surface area contributed by atoms with E-state index in [0.717, 1.165) is 0 Å². The van der Waals surface area contributed by atoms with Crippen molar-refractivity contribution in [3.8, 4) is 0 Å². The van der Waals surface area contributed by atoms with Gasteiger partial charge in [0.25, 0.3) is 0 Å². The summed E-state index contributed by atoms with van der Waals surface area (Å²) in [4.78, 5) is 24.1. The minimum atomic E-state index is -0.443. The Hall–Kier alpha value is -1.10. The van der Waals surface area contributed by atoms with Crippen LogP contribution in [0.4, 0.5) is 0 Å². The van der Waals surface area contributed by atoms with Crippen molar-refractivity contribution in [1.82, 2.24) is 4.90 Å². The summed E-state index contributed by atoms with van der Waals surface area (Å²) in [7, 11) is 0. The van der Waals surface area contributed by atoms with E-state index in [1.165, 1.54) is 0 Å². The molecule has 0 bridgehead atoms. The molecule has 0 aromatic carbocycles. The first-order valence-electron chi connectivity index (χ1n) is 4.90.